The summed E-state index contributed by atoms with van der Waals surface area (Å²) in [6.07, 6.45) is 1.72. The molecule has 0 atom stereocenters. The number of thioether (sulfide) groups is 1. The topological polar surface area (TPSA) is 34.9 Å². The normalized spacial score (nSPS) is 12.8. The number of aryl methyl sites for hydroxylation is 2. The fraction of sp³-hybridized carbons (Fsp3) is 0.217. The first kappa shape index (κ1) is 17.7. The molecule has 0 aliphatic heterocycles. The van der Waals surface area contributed by atoms with Crippen LogP contribution in [0.5, 0.6) is 0 Å². The van der Waals surface area contributed by atoms with E-state index in [0.717, 1.165) is 44.7 Å². The van der Waals surface area contributed by atoms with E-state index in [4.69, 9.17) is 4.98 Å². The molecule has 0 saturated heterocycles. The van der Waals surface area contributed by atoms with Crippen LogP contribution in [0.15, 0.2) is 58.5 Å². The van der Waals surface area contributed by atoms with Crippen molar-refractivity contribution in [3.8, 4) is 16.1 Å². The zero-order valence-electron chi connectivity index (χ0n) is 15.9. The summed E-state index contributed by atoms with van der Waals surface area (Å²) in [5.41, 5.74) is 6.45. The van der Waals surface area contributed by atoms with Gasteiger partial charge in [0.25, 0.3) is 0 Å². The lowest BCUT2D eigenvalue weighted by Gasteiger charge is -2.18. The van der Waals surface area contributed by atoms with Crippen LogP contribution in [-0.4, -0.2) is 15.3 Å². The molecule has 140 valence electrons. The fourth-order valence-corrected chi connectivity index (χ4v) is 5.98. The van der Waals surface area contributed by atoms with Gasteiger partial charge in [-0.2, -0.15) is 0 Å². The Bertz CT molecular complexity index is 1250. The summed E-state index contributed by atoms with van der Waals surface area (Å²) in [4.78, 5) is 20.2. The maximum Gasteiger partial charge on any atom is 0.211 e. The summed E-state index contributed by atoms with van der Waals surface area (Å²) in [5, 5.41) is 0.894. The third kappa shape index (κ3) is 2.73. The van der Waals surface area contributed by atoms with Gasteiger partial charge in [0, 0.05) is 16.1 Å². The average Bonchev–Trinajstić information content (AvgIpc) is 3.07. The van der Waals surface area contributed by atoms with Crippen molar-refractivity contribution in [2.75, 3.05) is 5.75 Å². The lowest BCUT2D eigenvalue weighted by atomic mass is 9.91. The Morgan fingerprint density at radius 3 is 2.68 bits per heavy atom. The maximum atomic E-state index is 13.4. The van der Waals surface area contributed by atoms with E-state index in [-0.39, 0.29) is 5.43 Å². The Labute approximate surface area is 172 Å². The number of hydrogen-bond donors (Lipinski definition) is 0. The van der Waals surface area contributed by atoms with E-state index in [0.29, 0.717) is 5.52 Å². The van der Waals surface area contributed by atoms with Crippen molar-refractivity contribution in [1.29, 1.82) is 0 Å². The van der Waals surface area contributed by atoms with E-state index in [1.807, 2.05) is 0 Å². The summed E-state index contributed by atoms with van der Waals surface area (Å²) in [6, 6.07) is 16.9. The average molecular weight is 405 g/mol. The fourth-order valence-electron chi connectivity index (χ4n) is 3.84. The lowest BCUT2D eigenvalue weighted by molar-refractivity contribution is 0.922. The molecular formula is C23H20N2OS2. The van der Waals surface area contributed by atoms with Crippen molar-refractivity contribution < 1.29 is 0 Å². The molecule has 3 nitrogen and oxygen atoms in total. The molecule has 5 heteroatoms. The van der Waals surface area contributed by atoms with Crippen LogP contribution in [0, 0.1) is 6.92 Å². The molecule has 28 heavy (non-hydrogen) atoms. The van der Waals surface area contributed by atoms with Gasteiger partial charge in [-0.1, -0.05) is 60.6 Å². The summed E-state index contributed by atoms with van der Waals surface area (Å²) < 4.78 is 2.16. The smallest absolute Gasteiger partial charge is 0.211 e. The zero-order chi connectivity index (χ0) is 19.3. The molecule has 0 fully saturated rings. The van der Waals surface area contributed by atoms with Gasteiger partial charge in [0.05, 0.1) is 0 Å². The van der Waals surface area contributed by atoms with Gasteiger partial charge in [-0.3, -0.25) is 9.36 Å². The zero-order valence-corrected chi connectivity index (χ0v) is 17.5. The van der Waals surface area contributed by atoms with E-state index in [1.165, 1.54) is 16.7 Å². The molecule has 0 bridgehead atoms. The van der Waals surface area contributed by atoms with E-state index < -0.39 is 0 Å². The molecule has 1 aliphatic carbocycles. The van der Waals surface area contributed by atoms with Crippen molar-refractivity contribution >= 4 is 33.4 Å². The van der Waals surface area contributed by atoms with Crippen molar-refractivity contribution in [3.63, 3.8) is 0 Å². The van der Waals surface area contributed by atoms with Crippen molar-refractivity contribution in [2.24, 2.45) is 0 Å². The molecule has 0 saturated carbocycles. The molecule has 0 N–H and O–H groups in total. The molecule has 4 aromatic rings. The molecular weight excluding hydrogens is 384 g/mol. The van der Waals surface area contributed by atoms with Gasteiger partial charge < -0.3 is 0 Å². The van der Waals surface area contributed by atoms with Crippen LogP contribution in [0.4, 0.5) is 0 Å². The van der Waals surface area contributed by atoms with Gasteiger partial charge >= 0.3 is 0 Å². The van der Waals surface area contributed by atoms with Gasteiger partial charge in [0.1, 0.15) is 10.3 Å². The van der Waals surface area contributed by atoms with Crippen LogP contribution in [0.2, 0.25) is 0 Å². The number of nitrogens with zero attached hydrogens (tertiary/aromatic N) is 2. The van der Waals surface area contributed by atoms with Crippen LogP contribution < -0.4 is 5.43 Å². The highest BCUT2D eigenvalue weighted by atomic mass is 32.2. The summed E-state index contributed by atoms with van der Waals surface area (Å²) in [5.74, 6) is 0.913. The molecule has 1 aliphatic rings. The first-order chi connectivity index (χ1) is 13.7. The number of fused-ring (bicyclic) bond motifs is 4. The van der Waals surface area contributed by atoms with Crippen LogP contribution in [0.1, 0.15) is 23.6 Å². The minimum atomic E-state index is 0.0991. The molecule has 0 spiro atoms. The Kier molecular flexibility index (Phi) is 4.37. The molecule has 0 radical (unpaired) electrons. The third-order valence-corrected chi connectivity index (χ3v) is 7.30. The third-order valence-electron chi connectivity index (χ3n) is 5.24. The van der Waals surface area contributed by atoms with Crippen LogP contribution in [-0.2, 0) is 12.8 Å². The van der Waals surface area contributed by atoms with Gasteiger partial charge in [-0.25, -0.2) is 4.98 Å². The maximum absolute atomic E-state index is 13.4. The molecule has 2 aromatic carbocycles. The summed E-state index contributed by atoms with van der Waals surface area (Å²) in [6.45, 7) is 4.20. The number of imidazole rings is 1. The quantitative estimate of drug-likeness (QED) is 0.415. The minimum Gasteiger partial charge on any atom is -0.287 e. The first-order valence-corrected chi connectivity index (χ1v) is 11.3. The van der Waals surface area contributed by atoms with E-state index in [9.17, 15) is 4.79 Å². The highest BCUT2D eigenvalue weighted by Gasteiger charge is 2.24. The highest BCUT2D eigenvalue weighted by molar-refractivity contribution is 7.99. The van der Waals surface area contributed by atoms with Gasteiger partial charge in [0.15, 0.2) is 5.16 Å². The van der Waals surface area contributed by atoms with Crippen molar-refractivity contribution in [3.05, 3.63) is 75.4 Å². The van der Waals surface area contributed by atoms with Gasteiger partial charge in [-0.15, -0.1) is 11.3 Å². The second-order valence-corrected chi connectivity index (χ2v) is 9.28. The molecule has 2 heterocycles. The molecule has 0 unspecified atom stereocenters. The standard InChI is InChI=1S/C23H20N2OS2/c1-3-27-23-24-19-20(26)18-13-10-15-6-4-5-7-17(15)21(18)28-22(19)25(23)16-11-8-14(2)9-12-16/h4-9,11-12H,3,10,13H2,1-2H3. The van der Waals surface area contributed by atoms with Crippen molar-refractivity contribution in [2.45, 2.75) is 31.8 Å². The predicted octanol–water partition coefficient (Wildman–Crippen LogP) is 5.63. The highest BCUT2D eigenvalue weighted by Crippen LogP contribution is 2.39. The second-order valence-electron chi connectivity index (χ2n) is 7.05. The SMILES string of the molecule is CCSc1nc2c(=O)c3c(sc2n1-c1ccc(C)cc1)-c1ccccc1CC3. The first-order valence-electron chi connectivity index (χ1n) is 9.54. The Balaban J connectivity index is 1.85. The second kappa shape index (κ2) is 6.90. The monoisotopic (exact) mass is 404 g/mol. The molecule has 5 rings (SSSR count). The van der Waals surface area contributed by atoms with Crippen LogP contribution in [0.3, 0.4) is 0 Å². The number of aromatic nitrogens is 2. The van der Waals surface area contributed by atoms with E-state index in [2.05, 4.69) is 66.9 Å². The van der Waals surface area contributed by atoms with Gasteiger partial charge in [-0.05, 0) is 48.8 Å². The molecule has 2 aromatic heterocycles. The minimum absolute atomic E-state index is 0.0991. The van der Waals surface area contributed by atoms with E-state index >= 15 is 0 Å². The largest absolute Gasteiger partial charge is 0.287 e. The van der Waals surface area contributed by atoms with Gasteiger partial charge in [0.2, 0.25) is 5.43 Å². The van der Waals surface area contributed by atoms with Crippen molar-refractivity contribution in [1.82, 2.24) is 9.55 Å². The van der Waals surface area contributed by atoms with E-state index in [1.54, 1.807) is 23.1 Å². The van der Waals surface area contributed by atoms with Crippen LogP contribution >= 0.6 is 23.1 Å². The Morgan fingerprint density at radius 1 is 1.11 bits per heavy atom. The Hall–Kier alpha value is -2.37. The summed E-state index contributed by atoms with van der Waals surface area (Å²) in [7, 11) is 0. The number of benzene rings is 2. The van der Waals surface area contributed by atoms with Crippen LogP contribution in [0.25, 0.3) is 26.5 Å². The number of hydrogen-bond acceptors (Lipinski definition) is 4. The summed E-state index contributed by atoms with van der Waals surface area (Å²) >= 11 is 3.39. The number of rotatable bonds is 3. The molecule has 0 amide bonds. The lowest BCUT2D eigenvalue weighted by Crippen LogP contribution is -2.15. The Morgan fingerprint density at radius 2 is 1.89 bits per heavy atom. The predicted molar refractivity (Wildman–Crippen MR) is 119 cm³/mol.